The molecular weight excluding hydrogens is 417 g/mol. The van der Waals surface area contributed by atoms with Crippen LogP contribution in [0.3, 0.4) is 0 Å². The Hall–Kier alpha value is -2.22. The smallest absolute Gasteiger partial charge is 0.240 e. The first-order chi connectivity index (χ1) is 11.5. The Morgan fingerprint density at radius 2 is 1.71 bits per heavy atom. The Labute approximate surface area is 154 Å². The second-order valence-corrected chi connectivity index (χ2v) is 6.45. The SMILES string of the molecule is Cc1ccccc1NC(=O)CCC(=O)N/N=C/c1ccc(I)cc1. The maximum absolute atomic E-state index is 11.9. The fraction of sp³-hybridized carbons (Fsp3) is 0.167. The number of hydrogen-bond acceptors (Lipinski definition) is 3. The van der Waals surface area contributed by atoms with Crippen molar-refractivity contribution in [2.24, 2.45) is 5.10 Å². The number of nitrogens with zero attached hydrogens (tertiary/aromatic N) is 1. The molecule has 2 N–H and O–H groups in total. The Morgan fingerprint density at radius 1 is 1.04 bits per heavy atom. The van der Waals surface area contributed by atoms with E-state index in [9.17, 15) is 9.59 Å². The molecule has 0 unspecified atom stereocenters. The zero-order valence-electron chi connectivity index (χ0n) is 13.3. The van der Waals surface area contributed by atoms with Gasteiger partial charge in [-0.1, -0.05) is 30.3 Å². The van der Waals surface area contributed by atoms with Gasteiger partial charge in [0.1, 0.15) is 0 Å². The summed E-state index contributed by atoms with van der Waals surface area (Å²) in [6.45, 7) is 1.92. The molecule has 0 aliphatic rings. The van der Waals surface area contributed by atoms with Crippen LogP contribution in [0.1, 0.15) is 24.0 Å². The number of anilines is 1. The van der Waals surface area contributed by atoms with Gasteiger partial charge in [0.15, 0.2) is 0 Å². The van der Waals surface area contributed by atoms with E-state index in [2.05, 4.69) is 38.4 Å². The summed E-state index contributed by atoms with van der Waals surface area (Å²) in [5, 5.41) is 6.68. The molecule has 0 radical (unpaired) electrons. The number of rotatable bonds is 6. The summed E-state index contributed by atoms with van der Waals surface area (Å²) in [5.74, 6) is -0.488. The predicted octanol–water partition coefficient (Wildman–Crippen LogP) is 3.47. The first-order valence-corrected chi connectivity index (χ1v) is 8.55. The average Bonchev–Trinajstić information content (AvgIpc) is 2.57. The standard InChI is InChI=1S/C18H18IN3O2/c1-13-4-2-3-5-16(13)21-17(23)10-11-18(24)22-20-12-14-6-8-15(19)9-7-14/h2-9,12H,10-11H2,1H3,(H,21,23)(H,22,24)/b20-12+. The van der Waals surface area contributed by atoms with Gasteiger partial charge in [0.25, 0.3) is 0 Å². The van der Waals surface area contributed by atoms with Gasteiger partial charge in [0.2, 0.25) is 11.8 Å². The molecule has 0 heterocycles. The van der Waals surface area contributed by atoms with Crippen LogP contribution in [0.2, 0.25) is 0 Å². The molecule has 0 atom stereocenters. The molecule has 2 rings (SSSR count). The van der Waals surface area contributed by atoms with E-state index in [0.717, 1.165) is 20.4 Å². The van der Waals surface area contributed by atoms with Gasteiger partial charge in [-0.2, -0.15) is 5.10 Å². The monoisotopic (exact) mass is 435 g/mol. The third kappa shape index (κ3) is 6.11. The number of hydrazone groups is 1. The largest absolute Gasteiger partial charge is 0.326 e. The number of benzene rings is 2. The van der Waals surface area contributed by atoms with Crippen molar-refractivity contribution >= 4 is 46.3 Å². The van der Waals surface area contributed by atoms with Gasteiger partial charge in [-0.15, -0.1) is 0 Å². The number of amides is 2. The van der Waals surface area contributed by atoms with Crippen LogP contribution in [0.5, 0.6) is 0 Å². The van der Waals surface area contributed by atoms with Crippen LogP contribution in [-0.2, 0) is 9.59 Å². The van der Waals surface area contributed by atoms with Crippen LogP contribution in [0, 0.1) is 10.5 Å². The first-order valence-electron chi connectivity index (χ1n) is 7.47. The van der Waals surface area contributed by atoms with Crippen LogP contribution in [0.4, 0.5) is 5.69 Å². The lowest BCUT2D eigenvalue weighted by Gasteiger charge is -2.07. The minimum atomic E-state index is -0.295. The lowest BCUT2D eigenvalue weighted by atomic mass is 10.2. The third-order valence-corrected chi connectivity index (χ3v) is 3.99. The summed E-state index contributed by atoms with van der Waals surface area (Å²) in [6, 6.07) is 15.2. The van der Waals surface area contributed by atoms with Gasteiger partial charge >= 0.3 is 0 Å². The number of carbonyl (C=O) groups excluding carboxylic acids is 2. The van der Waals surface area contributed by atoms with E-state index < -0.39 is 0 Å². The molecule has 0 spiro atoms. The van der Waals surface area contributed by atoms with E-state index in [4.69, 9.17) is 0 Å². The van der Waals surface area contributed by atoms with Crippen LogP contribution < -0.4 is 10.7 Å². The van der Waals surface area contributed by atoms with Crippen molar-refractivity contribution in [3.8, 4) is 0 Å². The average molecular weight is 435 g/mol. The Kier molecular flexibility index (Phi) is 6.92. The summed E-state index contributed by atoms with van der Waals surface area (Å²) in [7, 11) is 0. The van der Waals surface area contributed by atoms with E-state index in [0.29, 0.717) is 0 Å². The van der Waals surface area contributed by atoms with Crippen molar-refractivity contribution in [2.75, 3.05) is 5.32 Å². The normalized spacial score (nSPS) is 10.6. The quantitative estimate of drug-likeness (QED) is 0.415. The van der Waals surface area contributed by atoms with Crippen molar-refractivity contribution in [3.63, 3.8) is 0 Å². The minimum Gasteiger partial charge on any atom is -0.326 e. The summed E-state index contributed by atoms with van der Waals surface area (Å²) in [4.78, 5) is 23.6. The number of halogens is 1. The Bertz CT molecular complexity index is 742. The first kappa shape index (κ1) is 18.1. The maximum Gasteiger partial charge on any atom is 0.240 e. The Balaban J connectivity index is 1.73. The van der Waals surface area contributed by atoms with Crippen LogP contribution in [0.15, 0.2) is 53.6 Å². The predicted molar refractivity (Wildman–Crippen MR) is 104 cm³/mol. The molecule has 0 aromatic heterocycles. The van der Waals surface area contributed by atoms with Gasteiger partial charge in [-0.05, 0) is 58.8 Å². The highest BCUT2D eigenvalue weighted by atomic mass is 127. The van der Waals surface area contributed by atoms with Gasteiger partial charge in [0.05, 0.1) is 6.21 Å². The third-order valence-electron chi connectivity index (χ3n) is 3.27. The lowest BCUT2D eigenvalue weighted by molar-refractivity contribution is -0.124. The van der Waals surface area contributed by atoms with Crippen LogP contribution in [0.25, 0.3) is 0 Å². The highest BCUT2D eigenvalue weighted by Crippen LogP contribution is 2.13. The summed E-state index contributed by atoms with van der Waals surface area (Å²) >= 11 is 2.22. The zero-order chi connectivity index (χ0) is 17.4. The fourth-order valence-corrected chi connectivity index (χ4v) is 2.30. The molecule has 0 aliphatic carbocycles. The molecule has 0 aliphatic heterocycles. The molecule has 2 aromatic rings. The zero-order valence-corrected chi connectivity index (χ0v) is 15.4. The number of para-hydroxylation sites is 1. The lowest BCUT2D eigenvalue weighted by Crippen LogP contribution is -2.20. The summed E-state index contributed by atoms with van der Waals surface area (Å²) in [5.41, 5.74) is 5.07. The maximum atomic E-state index is 11.9. The van der Waals surface area contributed by atoms with Gasteiger partial charge in [-0.3, -0.25) is 9.59 Å². The highest BCUT2D eigenvalue weighted by molar-refractivity contribution is 14.1. The van der Waals surface area contributed by atoms with E-state index in [1.54, 1.807) is 6.21 Å². The second-order valence-electron chi connectivity index (χ2n) is 5.21. The number of aryl methyl sites for hydroxylation is 1. The molecule has 2 aromatic carbocycles. The van der Waals surface area contributed by atoms with E-state index in [-0.39, 0.29) is 24.7 Å². The molecule has 24 heavy (non-hydrogen) atoms. The fourth-order valence-electron chi connectivity index (χ4n) is 1.94. The van der Waals surface area contributed by atoms with Gasteiger partial charge in [0, 0.05) is 22.1 Å². The summed E-state index contributed by atoms with van der Waals surface area (Å²) < 4.78 is 1.13. The molecule has 0 saturated heterocycles. The van der Waals surface area contributed by atoms with Crippen molar-refractivity contribution < 1.29 is 9.59 Å². The Morgan fingerprint density at radius 3 is 2.42 bits per heavy atom. The highest BCUT2D eigenvalue weighted by Gasteiger charge is 2.07. The molecule has 0 bridgehead atoms. The molecule has 6 heteroatoms. The molecule has 0 saturated carbocycles. The van der Waals surface area contributed by atoms with E-state index in [1.165, 1.54) is 0 Å². The molecule has 5 nitrogen and oxygen atoms in total. The topological polar surface area (TPSA) is 70.6 Å². The van der Waals surface area contributed by atoms with Crippen molar-refractivity contribution in [1.82, 2.24) is 5.43 Å². The number of carbonyl (C=O) groups is 2. The number of nitrogens with one attached hydrogen (secondary N) is 2. The summed E-state index contributed by atoms with van der Waals surface area (Å²) in [6.07, 6.45) is 1.77. The molecular formula is C18H18IN3O2. The molecule has 2 amide bonds. The number of hydrogen-bond donors (Lipinski definition) is 2. The van der Waals surface area contributed by atoms with Crippen molar-refractivity contribution in [2.45, 2.75) is 19.8 Å². The molecule has 0 fully saturated rings. The second kappa shape index (κ2) is 9.17. The van der Waals surface area contributed by atoms with Crippen LogP contribution >= 0.6 is 22.6 Å². The van der Waals surface area contributed by atoms with Crippen molar-refractivity contribution in [3.05, 3.63) is 63.2 Å². The molecule has 124 valence electrons. The van der Waals surface area contributed by atoms with E-state index >= 15 is 0 Å². The van der Waals surface area contributed by atoms with E-state index in [1.807, 2.05) is 55.5 Å². The van der Waals surface area contributed by atoms with Gasteiger partial charge in [-0.25, -0.2) is 5.43 Å². The van der Waals surface area contributed by atoms with Crippen LogP contribution in [-0.4, -0.2) is 18.0 Å². The van der Waals surface area contributed by atoms with Gasteiger partial charge < -0.3 is 5.32 Å². The minimum absolute atomic E-state index is 0.0851. The van der Waals surface area contributed by atoms with Crippen molar-refractivity contribution in [1.29, 1.82) is 0 Å².